The van der Waals surface area contributed by atoms with Crippen LogP contribution in [0.15, 0.2) is 65.5 Å². The van der Waals surface area contributed by atoms with Gasteiger partial charge in [-0.25, -0.2) is 4.98 Å². The molecule has 1 aliphatic heterocycles. The van der Waals surface area contributed by atoms with Gasteiger partial charge in [0, 0.05) is 37.7 Å². The van der Waals surface area contributed by atoms with E-state index in [1.807, 2.05) is 31.2 Å². The quantitative estimate of drug-likeness (QED) is 0.486. The Morgan fingerprint density at radius 1 is 1.03 bits per heavy atom. The predicted molar refractivity (Wildman–Crippen MR) is 139 cm³/mol. The second-order valence-electron chi connectivity index (χ2n) is 9.53. The molecule has 0 saturated carbocycles. The van der Waals surface area contributed by atoms with Gasteiger partial charge in [-0.1, -0.05) is 67.6 Å². The molecule has 0 bridgehead atoms. The zero-order valence-corrected chi connectivity index (χ0v) is 20.9. The van der Waals surface area contributed by atoms with Gasteiger partial charge < -0.3 is 5.32 Å². The maximum atomic E-state index is 13.4. The lowest BCUT2D eigenvalue weighted by atomic mass is 10.0. The minimum absolute atomic E-state index is 0.0256. The summed E-state index contributed by atoms with van der Waals surface area (Å²) in [6, 6.07) is 20.7. The lowest BCUT2D eigenvalue weighted by molar-refractivity contribution is -0.122. The summed E-state index contributed by atoms with van der Waals surface area (Å²) in [5, 5.41) is 3.07. The molecule has 0 aliphatic carbocycles. The van der Waals surface area contributed by atoms with Crippen LogP contribution in [0, 0.1) is 0 Å². The van der Waals surface area contributed by atoms with E-state index in [1.54, 1.807) is 4.57 Å². The molecular weight excluding hydrogens is 436 g/mol. The maximum absolute atomic E-state index is 13.4. The average Bonchev–Trinajstić information content (AvgIpc) is 2.86. The summed E-state index contributed by atoms with van der Waals surface area (Å²) in [6.07, 6.45) is 3.97. The topological polar surface area (TPSA) is 67.2 Å². The number of hydrogen-bond acceptors (Lipinski definition) is 4. The zero-order valence-electron chi connectivity index (χ0n) is 20.9. The Labute approximate surface area is 208 Å². The standard InChI is InChI=1S/C29H36N4O2/c1-3-10-27-31-26-20-32(19-24-13-8-5-9-14-24)18-17-25(26)29(35)33(27)21-28(34)30-22(2)15-16-23-11-6-4-7-12-23/h4-9,11-14,22H,3,10,15-21H2,1-2H3,(H,30,34). The largest absolute Gasteiger partial charge is 0.352 e. The first-order chi connectivity index (χ1) is 17.0. The van der Waals surface area contributed by atoms with Crippen LogP contribution in [-0.2, 0) is 43.7 Å². The van der Waals surface area contributed by atoms with Crippen molar-refractivity contribution in [3.8, 4) is 0 Å². The van der Waals surface area contributed by atoms with Crippen molar-refractivity contribution in [2.45, 2.75) is 71.6 Å². The Hall–Kier alpha value is -3.25. The summed E-state index contributed by atoms with van der Waals surface area (Å²) >= 11 is 0. The van der Waals surface area contributed by atoms with E-state index in [9.17, 15) is 9.59 Å². The van der Waals surface area contributed by atoms with Crippen molar-refractivity contribution in [2.75, 3.05) is 6.54 Å². The fourth-order valence-corrected chi connectivity index (χ4v) is 4.75. The highest BCUT2D eigenvalue weighted by atomic mass is 16.2. The summed E-state index contributed by atoms with van der Waals surface area (Å²) in [4.78, 5) is 33.5. The molecule has 6 nitrogen and oxygen atoms in total. The highest BCUT2D eigenvalue weighted by Crippen LogP contribution is 2.18. The number of carbonyl (C=O) groups excluding carboxylic acids is 1. The van der Waals surface area contributed by atoms with E-state index in [1.165, 1.54) is 11.1 Å². The summed E-state index contributed by atoms with van der Waals surface area (Å²) in [5.74, 6) is 0.582. The van der Waals surface area contributed by atoms with Gasteiger partial charge >= 0.3 is 0 Å². The van der Waals surface area contributed by atoms with E-state index in [-0.39, 0.29) is 24.1 Å². The van der Waals surface area contributed by atoms with E-state index in [4.69, 9.17) is 4.98 Å². The molecule has 184 valence electrons. The van der Waals surface area contributed by atoms with Gasteiger partial charge in [-0.05, 0) is 43.7 Å². The first kappa shape index (κ1) is 24.9. The molecule has 0 spiro atoms. The minimum Gasteiger partial charge on any atom is -0.352 e. The van der Waals surface area contributed by atoms with Crippen LogP contribution in [0.5, 0.6) is 0 Å². The number of fused-ring (bicyclic) bond motifs is 1. The van der Waals surface area contributed by atoms with Crippen molar-refractivity contribution in [2.24, 2.45) is 0 Å². The smallest absolute Gasteiger partial charge is 0.257 e. The molecule has 4 rings (SSSR count). The molecule has 2 aromatic carbocycles. The van der Waals surface area contributed by atoms with Crippen molar-refractivity contribution in [3.05, 3.63) is 99.2 Å². The third-order valence-corrected chi connectivity index (χ3v) is 6.62. The molecule has 1 unspecified atom stereocenters. The molecule has 6 heteroatoms. The fourth-order valence-electron chi connectivity index (χ4n) is 4.75. The van der Waals surface area contributed by atoms with Crippen LogP contribution in [0.3, 0.4) is 0 Å². The fraction of sp³-hybridized carbons (Fsp3) is 0.414. The second-order valence-corrected chi connectivity index (χ2v) is 9.53. The molecule has 0 radical (unpaired) electrons. The van der Waals surface area contributed by atoms with Crippen LogP contribution in [0.25, 0.3) is 0 Å². The SMILES string of the molecule is CCCc1nc2c(c(=O)n1CC(=O)NC(C)CCc1ccccc1)CCN(Cc1ccccc1)C2. The second kappa shape index (κ2) is 11.9. The van der Waals surface area contributed by atoms with Gasteiger partial charge in [-0.2, -0.15) is 0 Å². The van der Waals surface area contributed by atoms with Gasteiger partial charge in [0.2, 0.25) is 5.91 Å². The highest BCUT2D eigenvalue weighted by molar-refractivity contribution is 5.76. The minimum atomic E-state index is -0.131. The molecule has 3 aromatic rings. The van der Waals surface area contributed by atoms with Gasteiger partial charge in [-0.3, -0.25) is 19.1 Å². The van der Waals surface area contributed by atoms with Crippen LogP contribution in [0.1, 0.15) is 54.9 Å². The number of nitrogens with one attached hydrogen (secondary N) is 1. The molecular formula is C29H36N4O2. The van der Waals surface area contributed by atoms with Crippen molar-refractivity contribution in [1.29, 1.82) is 0 Å². The normalized spacial score (nSPS) is 14.3. The van der Waals surface area contributed by atoms with Gasteiger partial charge in [0.25, 0.3) is 5.56 Å². The number of aryl methyl sites for hydroxylation is 2. The summed E-state index contributed by atoms with van der Waals surface area (Å²) in [5.41, 5.74) is 4.10. The van der Waals surface area contributed by atoms with E-state index in [2.05, 4.69) is 53.5 Å². The van der Waals surface area contributed by atoms with Crippen LogP contribution in [0.4, 0.5) is 0 Å². The van der Waals surface area contributed by atoms with Crippen molar-refractivity contribution < 1.29 is 4.79 Å². The lowest BCUT2D eigenvalue weighted by Gasteiger charge is -2.29. The number of benzene rings is 2. The van der Waals surface area contributed by atoms with Crippen molar-refractivity contribution in [3.63, 3.8) is 0 Å². The Bertz CT molecular complexity index is 1170. The van der Waals surface area contributed by atoms with Crippen molar-refractivity contribution >= 4 is 5.91 Å². The van der Waals surface area contributed by atoms with Crippen LogP contribution in [0.2, 0.25) is 0 Å². The number of rotatable bonds is 10. The Balaban J connectivity index is 1.43. The molecule has 0 saturated heterocycles. The average molecular weight is 473 g/mol. The van der Waals surface area contributed by atoms with Crippen LogP contribution >= 0.6 is 0 Å². The summed E-state index contributed by atoms with van der Waals surface area (Å²) < 4.78 is 1.61. The first-order valence-electron chi connectivity index (χ1n) is 12.7. The summed E-state index contributed by atoms with van der Waals surface area (Å²) in [7, 11) is 0. The molecule has 1 aromatic heterocycles. The van der Waals surface area contributed by atoms with Crippen molar-refractivity contribution in [1.82, 2.24) is 19.8 Å². The van der Waals surface area contributed by atoms with Gasteiger partial charge in [0.1, 0.15) is 12.4 Å². The van der Waals surface area contributed by atoms with Gasteiger partial charge in [0.05, 0.1) is 5.69 Å². The third-order valence-electron chi connectivity index (χ3n) is 6.62. The third kappa shape index (κ3) is 6.67. The number of aromatic nitrogens is 2. The number of amides is 1. The Morgan fingerprint density at radius 2 is 1.71 bits per heavy atom. The van der Waals surface area contributed by atoms with Gasteiger partial charge in [-0.15, -0.1) is 0 Å². The van der Waals surface area contributed by atoms with E-state index < -0.39 is 0 Å². The predicted octanol–water partition coefficient (Wildman–Crippen LogP) is 3.89. The van der Waals surface area contributed by atoms with E-state index in [0.717, 1.165) is 43.6 Å². The molecule has 35 heavy (non-hydrogen) atoms. The molecule has 1 amide bonds. The lowest BCUT2D eigenvalue weighted by Crippen LogP contribution is -2.42. The zero-order chi connectivity index (χ0) is 24.6. The highest BCUT2D eigenvalue weighted by Gasteiger charge is 2.24. The van der Waals surface area contributed by atoms with Crippen LogP contribution in [-0.4, -0.2) is 32.9 Å². The first-order valence-corrected chi connectivity index (χ1v) is 12.7. The molecule has 0 fully saturated rings. The Morgan fingerprint density at radius 3 is 2.40 bits per heavy atom. The number of carbonyl (C=O) groups is 1. The van der Waals surface area contributed by atoms with E-state index in [0.29, 0.717) is 25.2 Å². The monoisotopic (exact) mass is 472 g/mol. The molecule has 2 heterocycles. The molecule has 1 atom stereocenters. The number of nitrogens with zero attached hydrogens (tertiary/aromatic N) is 3. The summed E-state index contributed by atoms with van der Waals surface area (Å²) in [6.45, 7) is 6.44. The maximum Gasteiger partial charge on any atom is 0.257 e. The van der Waals surface area contributed by atoms with Crippen LogP contribution < -0.4 is 10.9 Å². The number of hydrogen-bond donors (Lipinski definition) is 1. The molecule has 1 aliphatic rings. The van der Waals surface area contributed by atoms with Gasteiger partial charge in [0.15, 0.2) is 0 Å². The van der Waals surface area contributed by atoms with E-state index >= 15 is 0 Å². The Kier molecular flexibility index (Phi) is 8.48. The molecule has 1 N–H and O–H groups in total.